The number of hydrazone groups is 1. The molecule has 39 heavy (non-hydrogen) atoms. The van der Waals surface area contributed by atoms with Crippen LogP contribution < -0.4 is 10.5 Å². The Hall–Kier alpha value is -3.32. The normalized spacial score (nSPS) is 17.6. The van der Waals surface area contributed by atoms with E-state index < -0.39 is 36.5 Å². The van der Waals surface area contributed by atoms with Crippen LogP contribution in [0.4, 0.5) is 9.18 Å². The van der Waals surface area contributed by atoms with Gasteiger partial charge in [-0.25, -0.2) is 36.2 Å². The van der Waals surface area contributed by atoms with Gasteiger partial charge in [-0.3, -0.25) is 0 Å². The molecule has 1 unspecified atom stereocenters. The minimum Gasteiger partial charge on any atom is -0.336 e. The van der Waals surface area contributed by atoms with Crippen molar-refractivity contribution < 1.29 is 26.0 Å². The Labute approximate surface area is 231 Å². The maximum atomic E-state index is 14.5. The van der Waals surface area contributed by atoms with Crippen LogP contribution in [0.15, 0.2) is 88.9 Å². The molecule has 3 N–H and O–H groups in total. The third kappa shape index (κ3) is 6.14. The Balaban J connectivity index is 1.78. The van der Waals surface area contributed by atoms with E-state index in [4.69, 9.17) is 16.7 Å². The van der Waals surface area contributed by atoms with Crippen LogP contribution >= 0.6 is 11.6 Å². The molecule has 3 aromatic carbocycles. The fourth-order valence-electron chi connectivity index (χ4n) is 4.37. The fraction of sp³-hybridized carbons (Fsp3) is 0.231. The molecule has 1 aliphatic rings. The van der Waals surface area contributed by atoms with Crippen molar-refractivity contribution in [2.45, 2.75) is 22.5 Å². The van der Waals surface area contributed by atoms with Crippen LogP contribution in [0.5, 0.6) is 0 Å². The van der Waals surface area contributed by atoms with E-state index in [0.29, 0.717) is 22.6 Å². The number of hydrogen-bond acceptors (Lipinski definition) is 6. The van der Waals surface area contributed by atoms with Crippen LogP contribution in [0.25, 0.3) is 0 Å². The highest BCUT2D eigenvalue weighted by Gasteiger charge is 2.56. The summed E-state index contributed by atoms with van der Waals surface area (Å²) in [6, 6.07) is 18.6. The van der Waals surface area contributed by atoms with Gasteiger partial charge in [0.25, 0.3) is 0 Å². The van der Waals surface area contributed by atoms with E-state index in [1.165, 1.54) is 48.5 Å². The summed E-state index contributed by atoms with van der Waals surface area (Å²) in [5.74, 6) is -0.743. The van der Waals surface area contributed by atoms with Crippen molar-refractivity contribution >= 4 is 43.2 Å². The Kier molecular flexibility index (Phi) is 8.40. The lowest BCUT2D eigenvalue weighted by Gasteiger charge is -2.31. The van der Waals surface area contributed by atoms with Gasteiger partial charge in [-0.05, 0) is 54.8 Å². The molecule has 0 saturated heterocycles. The molecule has 13 heteroatoms. The first kappa shape index (κ1) is 28.7. The van der Waals surface area contributed by atoms with E-state index in [1.54, 1.807) is 30.3 Å². The number of halogens is 2. The van der Waals surface area contributed by atoms with E-state index >= 15 is 0 Å². The number of sulfonamides is 1. The number of nitrogens with zero attached hydrogens (tertiary/aromatic N) is 2. The molecular formula is C26H26ClFN4O5S2. The minimum atomic E-state index is -4.27. The monoisotopic (exact) mass is 592 g/mol. The lowest BCUT2D eigenvalue weighted by Crippen LogP contribution is -2.48. The third-order valence-corrected chi connectivity index (χ3v) is 9.76. The van der Waals surface area contributed by atoms with Crippen molar-refractivity contribution in [1.82, 2.24) is 10.3 Å². The zero-order valence-electron chi connectivity index (χ0n) is 20.6. The topological polar surface area (TPSA) is 139 Å². The highest BCUT2D eigenvalue weighted by molar-refractivity contribution is 7.93. The van der Waals surface area contributed by atoms with Crippen LogP contribution in [-0.4, -0.2) is 52.4 Å². The highest BCUT2D eigenvalue weighted by Crippen LogP contribution is 2.43. The van der Waals surface area contributed by atoms with Crippen LogP contribution in [0.2, 0.25) is 5.02 Å². The number of amides is 2. The third-order valence-electron chi connectivity index (χ3n) is 6.28. The second kappa shape index (κ2) is 11.4. The second-order valence-corrected chi connectivity index (χ2v) is 13.3. The average molecular weight is 593 g/mol. The molecule has 3 aromatic rings. The quantitative estimate of drug-likeness (QED) is 0.365. The number of sulfone groups is 1. The largest absolute Gasteiger partial charge is 0.337 e. The Bertz CT molecular complexity index is 1580. The molecule has 0 aliphatic carbocycles. The van der Waals surface area contributed by atoms with Gasteiger partial charge in [-0.2, -0.15) is 5.10 Å². The van der Waals surface area contributed by atoms with Crippen molar-refractivity contribution in [3.05, 3.63) is 101 Å². The van der Waals surface area contributed by atoms with Gasteiger partial charge in [0.2, 0.25) is 10.0 Å². The Morgan fingerprint density at radius 1 is 0.974 bits per heavy atom. The molecule has 0 saturated carbocycles. The van der Waals surface area contributed by atoms with Crippen molar-refractivity contribution in [1.29, 1.82) is 0 Å². The molecule has 0 aromatic heterocycles. The molecule has 1 heterocycles. The SMILES string of the molecule is NS(=O)(=O)CCCCNC(=O)N1CC(c2ccccc2)(S(=O)(=O)c2ccc(Cl)cc2)C(c2ccc(F)cc2)=N1. The summed E-state index contributed by atoms with van der Waals surface area (Å²) in [5, 5.41) is 13.5. The van der Waals surface area contributed by atoms with Gasteiger partial charge >= 0.3 is 6.03 Å². The van der Waals surface area contributed by atoms with Gasteiger partial charge in [0, 0.05) is 17.1 Å². The van der Waals surface area contributed by atoms with Crippen molar-refractivity contribution in [3.8, 4) is 0 Å². The molecular weight excluding hydrogens is 567 g/mol. The predicted octanol–water partition coefficient (Wildman–Crippen LogP) is 3.65. The lowest BCUT2D eigenvalue weighted by atomic mass is 9.89. The van der Waals surface area contributed by atoms with E-state index in [9.17, 15) is 26.0 Å². The van der Waals surface area contributed by atoms with E-state index in [0.717, 1.165) is 5.01 Å². The maximum Gasteiger partial charge on any atom is 0.337 e. The molecule has 9 nitrogen and oxygen atoms in total. The predicted molar refractivity (Wildman–Crippen MR) is 147 cm³/mol. The lowest BCUT2D eigenvalue weighted by molar-refractivity contribution is 0.202. The van der Waals surface area contributed by atoms with Gasteiger partial charge in [-0.1, -0.05) is 54.1 Å². The first-order chi connectivity index (χ1) is 18.4. The van der Waals surface area contributed by atoms with Gasteiger partial charge in [-0.15, -0.1) is 0 Å². The number of urea groups is 1. The van der Waals surface area contributed by atoms with Crippen molar-refractivity contribution in [3.63, 3.8) is 0 Å². The molecule has 0 spiro atoms. The second-order valence-electron chi connectivity index (χ2n) is 8.97. The van der Waals surface area contributed by atoms with E-state index in [2.05, 4.69) is 10.4 Å². The van der Waals surface area contributed by atoms with Crippen LogP contribution in [0.1, 0.15) is 24.0 Å². The first-order valence-corrected chi connectivity index (χ1v) is 15.5. The number of primary sulfonamides is 1. The minimum absolute atomic E-state index is 0.0317. The summed E-state index contributed by atoms with van der Waals surface area (Å²) < 4.78 is 63.2. The summed E-state index contributed by atoms with van der Waals surface area (Å²) >= 11 is 6.02. The fourth-order valence-corrected chi connectivity index (χ4v) is 7.15. The zero-order chi connectivity index (χ0) is 28.3. The smallest absolute Gasteiger partial charge is 0.336 e. The molecule has 206 valence electrons. The molecule has 0 radical (unpaired) electrons. The highest BCUT2D eigenvalue weighted by atomic mass is 35.5. The van der Waals surface area contributed by atoms with Crippen LogP contribution in [0.3, 0.4) is 0 Å². The van der Waals surface area contributed by atoms with Crippen LogP contribution in [-0.2, 0) is 24.6 Å². The zero-order valence-corrected chi connectivity index (χ0v) is 23.0. The molecule has 4 rings (SSSR count). The summed E-state index contributed by atoms with van der Waals surface area (Å²) in [4.78, 5) is 13.1. The molecule has 1 atom stereocenters. The molecule has 0 fully saturated rings. The number of carbonyl (C=O) groups excluding carboxylic acids is 1. The van der Waals surface area contributed by atoms with E-state index in [1.807, 2.05) is 0 Å². The Morgan fingerprint density at radius 3 is 2.23 bits per heavy atom. The maximum absolute atomic E-state index is 14.5. The summed E-state index contributed by atoms with van der Waals surface area (Å²) in [7, 11) is -7.89. The summed E-state index contributed by atoms with van der Waals surface area (Å²) in [6.45, 7) is -0.244. The van der Waals surface area contributed by atoms with Gasteiger partial charge < -0.3 is 5.32 Å². The number of unbranched alkanes of at least 4 members (excludes halogenated alkanes) is 1. The number of nitrogens with one attached hydrogen (secondary N) is 1. The number of hydrogen-bond donors (Lipinski definition) is 2. The average Bonchev–Trinajstić information content (AvgIpc) is 3.32. The van der Waals surface area contributed by atoms with Crippen LogP contribution in [0, 0.1) is 5.82 Å². The standard InChI is InChI=1S/C26H26ClFN4O5S2/c27-21-10-14-23(15-11-21)39(36,37)26(20-6-2-1-3-7-20)18-32(25(33)30-16-4-5-17-38(29,34)35)31-24(26)19-8-12-22(28)13-9-19/h1-3,6-15H,4-5,16-18H2,(H,30,33)(H2,29,34,35). The summed E-state index contributed by atoms with van der Waals surface area (Å²) in [5.41, 5.74) is 0.737. The molecule has 2 amide bonds. The number of rotatable bonds is 9. The number of carbonyl (C=O) groups is 1. The van der Waals surface area contributed by atoms with Crippen molar-refractivity contribution in [2.24, 2.45) is 10.2 Å². The van der Waals surface area contributed by atoms with Gasteiger partial charge in [0.15, 0.2) is 14.6 Å². The number of nitrogens with two attached hydrogens (primary N) is 1. The Morgan fingerprint density at radius 2 is 1.62 bits per heavy atom. The van der Waals surface area contributed by atoms with Crippen molar-refractivity contribution in [2.75, 3.05) is 18.8 Å². The first-order valence-electron chi connectivity index (χ1n) is 11.9. The van der Waals surface area contributed by atoms with Gasteiger partial charge in [0.1, 0.15) is 5.82 Å². The molecule has 0 bridgehead atoms. The molecule has 1 aliphatic heterocycles. The van der Waals surface area contributed by atoms with E-state index in [-0.39, 0.29) is 35.9 Å². The van der Waals surface area contributed by atoms with Gasteiger partial charge in [0.05, 0.1) is 22.9 Å². The number of benzene rings is 3. The summed E-state index contributed by atoms with van der Waals surface area (Å²) in [6.07, 6.45) is 0.569.